The van der Waals surface area contributed by atoms with Gasteiger partial charge < -0.3 is 4.74 Å². The molecule has 23 heavy (non-hydrogen) atoms. The number of hydrogen-bond donors (Lipinski definition) is 1. The van der Waals surface area contributed by atoms with Crippen LogP contribution in [0, 0.1) is 0 Å². The predicted molar refractivity (Wildman–Crippen MR) is 95.6 cm³/mol. The van der Waals surface area contributed by atoms with Gasteiger partial charge in [0.1, 0.15) is 5.75 Å². The van der Waals surface area contributed by atoms with Crippen molar-refractivity contribution in [3.63, 3.8) is 0 Å². The zero-order valence-corrected chi connectivity index (χ0v) is 14.5. The largest absolute Gasteiger partial charge is 0.481 e. The Balaban J connectivity index is 1.95. The van der Waals surface area contributed by atoms with Gasteiger partial charge in [0.15, 0.2) is 6.10 Å². The SMILES string of the molecule is CCCC(Oc1ccc(Br)cc1)C(=O)N/N=C/c1ccccc1. The maximum absolute atomic E-state index is 12.2. The Kier molecular flexibility index (Phi) is 6.81. The van der Waals surface area contributed by atoms with E-state index in [1.54, 1.807) is 6.21 Å². The molecule has 0 heterocycles. The molecule has 2 rings (SSSR count). The maximum atomic E-state index is 12.2. The summed E-state index contributed by atoms with van der Waals surface area (Å²) in [7, 11) is 0. The van der Waals surface area contributed by atoms with Crippen LogP contribution >= 0.6 is 15.9 Å². The molecule has 0 bridgehead atoms. The molecule has 0 aliphatic carbocycles. The molecule has 0 saturated heterocycles. The Morgan fingerprint density at radius 2 is 1.91 bits per heavy atom. The molecule has 0 fully saturated rings. The van der Waals surface area contributed by atoms with Gasteiger partial charge >= 0.3 is 0 Å². The minimum absolute atomic E-state index is 0.248. The highest BCUT2D eigenvalue weighted by Gasteiger charge is 2.19. The number of nitrogens with zero attached hydrogens (tertiary/aromatic N) is 1. The number of hydrogen-bond acceptors (Lipinski definition) is 3. The second kappa shape index (κ2) is 9.10. The van der Waals surface area contributed by atoms with Crippen LogP contribution in [-0.2, 0) is 4.79 Å². The number of benzene rings is 2. The van der Waals surface area contributed by atoms with Crippen molar-refractivity contribution < 1.29 is 9.53 Å². The third-order valence-electron chi connectivity index (χ3n) is 3.12. The molecule has 0 aromatic heterocycles. The van der Waals surface area contributed by atoms with E-state index in [0.29, 0.717) is 12.2 Å². The lowest BCUT2D eigenvalue weighted by Crippen LogP contribution is -2.35. The topological polar surface area (TPSA) is 50.7 Å². The summed E-state index contributed by atoms with van der Waals surface area (Å²) >= 11 is 3.37. The summed E-state index contributed by atoms with van der Waals surface area (Å²) in [5.41, 5.74) is 3.47. The van der Waals surface area contributed by atoms with Gasteiger partial charge in [-0.2, -0.15) is 5.10 Å². The molecule has 0 saturated carbocycles. The van der Waals surface area contributed by atoms with Gasteiger partial charge in [-0.1, -0.05) is 59.6 Å². The van der Waals surface area contributed by atoms with Crippen LogP contribution in [0.1, 0.15) is 25.3 Å². The van der Waals surface area contributed by atoms with E-state index >= 15 is 0 Å². The summed E-state index contributed by atoms with van der Waals surface area (Å²) in [6, 6.07) is 17.0. The number of ether oxygens (including phenoxy) is 1. The van der Waals surface area contributed by atoms with E-state index in [0.717, 1.165) is 16.5 Å². The Bertz CT molecular complexity index is 642. The fraction of sp³-hybridized carbons (Fsp3) is 0.222. The smallest absolute Gasteiger partial charge is 0.281 e. The van der Waals surface area contributed by atoms with Crippen molar-refractivity contribution in [2.45, 2.75) is 25.9 Å². The highest BCUT2D eigenvalue weighted by Crippen LogP contribution is 2.18. The molecule has 0 aliphatic heterocycles. The van der Waals surface area contributed by atoms with Gasteiger partial charge in [0, 0.05) is 4.47 Å². The summed E-state index contributed by atoms with van der Waals surface area (Å²) in [5.74, 6) is 0.413. The number of hydrazone groups is 1. The van der Waals surface area contributed by atoms with Gasteiger partial charge in [-0.05, 0) is 36.2 Å². The van der Waals surface area contributed by atoms with Crippen molar-refractivity contribution in [2.75, 3.05) is 0 Å². The third-order valence-corrected chi connectivity index (χ3v) is 3.65. The van der Waals surface area contributed by atoms with Gasteiger partial charge in [-0.15, -0.1) is 0 Å². The quantitative estimate of drug-likeness (QED) is 0.584. The lowest BCUT2D eigenvalue weighted by Gasteiger charge is -2.16. The van der Waals surface area contributed by atoms with E-state index in [2.05, 4.69) is 26.5 Å². The van der Waals surface area contributed by atoms with Crippen LogP contribution in [0.25, 0.3) is 0 Å². The van der Waals surface area contributed by atoms with Crippen LogP contribution in [0.4, 0.5) is 0 Å². The van der Waals surface area contributed by atoms with Crippen molar-refractivity contribution >= 4 is 28.1 Å². The summed E-state index contributed by atoms with van der Waals surface area (Å²) < 4.78 is 6.73. The number of carbonyl (C=O) groups excluding carboxylic acids is 1. The molecule has 1 unspecified atom stereocenters. The summed E-state index contributed by atoms with van der Waals surface area (Å²) in [6.07, 6.45) is 2.52. The minimum Gasteiger partial charge on any atom is -0.481 e. The minimum atomic E-state index is -0.561. The molecule has 0 aliphatic rings. The monoisotopic (exact) mass is 374 g/mol. The fourth-order valence-corrected chi connectivity index (χ4v) is 2.23. The van der Waals surface area contributed by atoms with Crippen LogP contribution in [0.15, 0.2) is 64.2 Å². The molecule has 0 radical (unpaired) electrons. The van der Waals surface area contributed by atoms with Gasteiger partial charge in [-0.25, -0.2) is 5.43 Å². The van der Waals surface area contributed by atoms with Gasteiger partial charge in [-0.3, -0.25) is 4.79 Å². The van der Waals surface area contributed by atoms with Crippen molar-refractivity contribution in [1.82, 2.24) is 5.43 Å². The van der Waals surface area contributed by atoms with Gasteiger partial charge in [0.2, 0.25) is 0 Å². The Labute approximate surface area is 144 Å². The maximum Gasteiger partial charge on any atom is 0.281 e. The molecule has 4 nitrogen and oxygen atoms in total. The number of halogens is 1. The molecular weight excluding hydrogens is 356 g/mol. The van der Waals surface area contributed by atoms with Crippen LogP contribution in [0.5, 0.6) is 5.75 Å². The number of rotatable bonds is 7. The normalized spacial score (nSPS) is 12.1. The third kappa shape index (κ3) is 5.87. The highest BCUT2D eigenvalue weighted by atomic mass is 79.9. The lowest BCUT2D eigenvalue weighted by atomic mass is 10.2. The molecular formula is C18H19BrN2O2. The van der Waals surface area contributed by atoms with Gasteiger partial charge in [0.25, 0.3) is 5.91 Å². The predicted octanol–water partition coefficient (Wildman–Crippen LogP) is 4.15. The van der Waals surface area contributed by atoms with Crippen molar-refractivity contribution in [2.24, 2.45) is 5.10 Å². The first kappa shape index (κ1) is 17.2. The molecule has 1 amide bonds. The molecule has 2 aromatic carbocycles. The van der Waals surface area contributed by atoms with E-state index < -0.39 is 6.10 Å². The Hall–Kier alpha value is -2.14. The molecule has 5 heteroatoms. The summed E-state index contributed by atoms with van der Waals surface area (Å²) in [6.45, 7) is 2.01. The number of amides is 1. The van der Waals surface area contributed by atoms with Crippen molar-refractivity contribution in [1.29, 1.82) is 0 Å². The fourth-order valence-electron chi connectivity index (χ4n) is 1.96. The standard InChI is InChI=1S/C18H19BrN2O2/c1-2-6-17(23-16-11-9-15(19)10-12-16)18(22)21-20-13-14-7-4-3-5-8-14/h3-5,7-13,17H,2,6H2,1H3,(H,21,22)/b20-13+. The van der Waals surface area contributed by atoms with Gasteiger partial charge in [0.05, 0.1) is 6.21 Å². The second-order valence-corrected chi connectivity index (χ2v) is 5.91. The summed E-state index contributed by atoms with van der Waals surface area (Å²) in [5, 5.41) is 3.99. The van der Waals surface area contributed by atoms with Crippen LogP contribution in [-0.4, -0.2) is 18.2 Å². The van der Waals surface area contributed by atoms with E-state index in [1.807, 2.05) is 61.5 Å². The van der Waals surface area contributed by atoms with Crippen molar-refractivity contribution in [3.8, 4) is 5.75 Å². The molecule has 2 aromatic rings. The zero-order valence-electron chi connectivity index (χ0n) is 12.9. The first-order valence-electron chi connectivity index (χ1n) is 7.49. The lowest BCUT2D eigenvalue weighted by molar-refractivity contribution is -0.128. The average molecular weight is 375 g/mol. The molecule has 1 N–H and O–H groups in total. The average Bonchev–Trinajstić information content (AvgIpc) is 2.57. The zero-order chi connectivity index (χ0) is 16.5. The van der Waals surface area contributed by atoms with Crippen LogP contribution in [0.2, 0.25) is 0 Å². The molecule has 1 atom stereocenters. The summed E-state index contributed by atoms with van der Waals surface area (Å²) in [4.78, 5) is 12.2. The second-order valence-electron chi connectivity index (χ2n) is 4.99. The van der Waals surface area contributed by atoms with E-state index in [9.17, 15) is 4.79 Å². The molecule has 0 spiro atoms. The van der Waals surface area contributed by atoms with E-state index in [1.165, 1.54) is 0 Å². The highest BCUT2D eigenvalue weighted by molar-refractivity contribution is 9.10. The number of nitrogens with one attached hydrogen (secondary N) is 1. The first-order chi connectivity index (χ1) is 11.2. The van der Waals surface area contributed by atoms with E-state index in [-0.39, 0.29) is 5.91 Å². The van der Waals surface area contributed by atoms with Crippen molar-refractivity contribution in [3.05, 3.63) is 64.6 Å². The number of carbonyl (C=O) groups is 1. The Morgan fingerprint density at radius 3 is 2.57 bits per heavy atom. The van der Waals surface area contributed by atoms with E-state index in [4.69, 9.17) is 4.74 Å². The first-order valence-corrected chi connectivity index (χ1v) is 8.28. The van der Waals surface area contributed by atoms with Crippen LogP contribution < -0.4 is 10.2 Å². The Morgan fingerprint density at radius 1 is 1.22 bits per heavy atom. The molecule has 120 valence electrons. The van der Waals surface area contributed by atoms with Crippen LogP contribution in [0.3, 0.4) is 0 Å².